The smallest absolute Gasteiger partial charge is 0.123 e. The van der Waals surface area contributed by atoms with E-state index in [9.17, 15) is 0 Å². The highest BCUT2D eigenvalue weighted by molar-refractivity contribution is 5.36. The molecule has 112 valence electrons. The monoisotopic (exact) mass is 277 g/mol. The second-order valence-corrected chi connectivity index (χ2v) is 5.87. The number of para-hydroxylation sites is 1. The minimum Gasteiger partial charge on any atom is -0.496 e. The van der Waals surface area contributed by atoms with Gasteiger partial charge in [0, 0.05) is 37.3 Å². The maximum Gasteiger partial charge on any atom is 0.123 e. The Kier molecular flexibility index (Phi) is 5.02. The summed E-state index contributed by atoms with van der Waals surface area (Å²) in [6, 6.07) is 9.06. The van der Waals surface area contributed by atoms with E-state index in [1.54, 1.807) is 7.11 Å². The van der Waals surface area contributed by atoms with E-state index >= 15 is 0 Å². The number of hydrogen-bond donors (Lipinski definition) is 1. The lowest BCUT2D eigenvalue weighted by Gasteiger charge is -2.43. The molecular weight excluding hydrogens is 250 g/mol. The third-order valence-corrected chi connectivity index (χ3v) is 4.34. The van der Waals surface area contributed by atoms with Gasteiger partial charge in [-0.1, -0.05) is 18.2 Å². The first-order valence-corrected chi connectivity index (χ1v) is 7.37. The van der Waals surface area contributed by atoms with Gasteiger partial charge in [-0.3, -0.25) is 4.90 Å². The summed E-state index contributed by atoms with van der Waals surface area (Å²) < 4.78 is 5.52. The molecule has 2 N–H and O–H groups in total. The van der Waals surface area contributed by atoms with Gasteiger partial charge >= 0.3 is 0 Å². The molecule has 4 nitrogen and oxygen atoms in total. The number of nitrogens with two attached hydrogens (primary N) is 1. The van der Waals surface area contributed by atoms with E-state index in [2.05, 4.69) is 42.8 Å². The molecule has 1 aliphatic heterocycles. The fraction of sp³-hybridized carbons (Fsp3) is 0.625. The van der Waals surface area contributed by atoms with Gasteiger partial charge in [-0.15, -0.1) is 0 Å². The minimum atomic E-state index is 0.0712. The first kappa shape index (κ1) is 15.3. The highest BCUT2D eigenvalue weighted by Crippen LogP contribution is 2.32. The van der Waals surface area contributed by atoms with E-state index in [1.165, 1.54) is 5.56 Å². The van der Waals surface area contributed by atoms with Crippen LogP contribution in [0.15, 0.2) is 24.3 Å². The molecule has 0 aliphatic carbocycles. The van der Waals surface area contributed by atoms with Crippen LogP contribution in [0, 0.1) is 0 Å². The van der Waals surface area contributed by atoms with Crippen LogP contribution in [0.4, 0.5) is 0 Å². The summed E-state index contributed by atoms with van der Waals surface area (Å²) in [6.45, 7) is 7.53. The van der Waals surface area contributed by atoms with Gasteiger partial charge in [0.25, 0.3) is 0 Å². The highest BCUT2D eigenvalue weighted by atomic mass is 16.5. The fourth-order valence-corrected chi connectivity index (χ4v) is 3.05. The van der Waals surface area contributed by atoms with Crippen molar-refractivity contribution in [2.75, 3.05) is 33.8 Å². The van der Waals surface area contributed by atoms with Crippen molar-refractivity contribution in [2.24, 2.45) is 5.73 Å². The third kappa shape index (κ3) is 3.14. The first-order chi connectivity index (χ1) is 9.54. The molecule has 3 atom stereocenters. The first-order valence-electron chi connectivity index (χ1n) is 7.37. The van der Waals surface area contributed by atoms with Crippen LogP contribution in [-0.2, 0) is 0 Å². The van der Waals surface area contributed by atoms with Gasteiger partial charge in [0.2, 0.25) is 0 Å². The highest BCUT2D eigenvalue weighted by Gasteiger charge is 2.31. The van der Waals surface area contributed by atoms with Crippen LogP contribution < -0.4 is 10.5 Å². The van der Waals surface area contributed by atoms with Crippen LogP contribution in [0.1, 0.15) is 25.5 Å². The van der Waals surface area contributed by atoms with E-state index in [-0.39, 0.29) is 12.1 Å². The number of nitrogens with zero attached hydrogens (tertiary/aromatic N) is 2. The Bertz CT molecular complexity index is 435. The molecule has 1 aliphatic rings. The molecule has 0 radical (unpaired) electrons. The number of benzene rings is 1. The molecule has 3 unspecified atom stereocenters. The van der Waals surface area contributed by atoms with Crippen LogP contribution in [0.25, 0.3) is 0 Å². The van der Waals surface area contributed by atoms with Gasteiger partial charge in [0.15, 0.2) is 0 Å². The Morgan fingerprint density at radius 3 is 2.60 bits per heavy atom. The predicted octanol–water partition coefficient (Wildman–Crippen LogP) is 1.72. The Morgan fingerprint density at radius 1 is 1.30 bits per heavy atom. The summed E-state index contributed by atoms with van der Waals surface area (Å²) in [7, 11) is 3.91. The molecule has 0 bridgehead atoms. The van der Waals surface area contributed by atoms with Crippen molar-refractivity contribution in [3.8, 4) is 5.75 Å². The number of ether oxygens (including phenoxy) is 1. The molecule has 1 saturated heterocycles. The topological polar surface area (TPSA) is 41.7 Å². The van der Waals surface area contributed by atoms with Crippen molar-refractivity contribution >= 4 is 0 Å². The summed E-state index contributed by atoms with van der Waals surface area (Å²) in [5.41, 5.74) is 7.49. The van der Waals surface area contributed by atoms with Gasteiger partial charge in [-0.05, 0) is 27.0 Å². The van der Waals surface area contributed by atoms with Gasteiger partial charge in [0.05, 0.1) is 13.2 Å². The number of piperazine rings is 1. The Balaban J connectivity index is 2.27. The molecule has 1 fully saturated rings. The van der Waals surface area contributed by atoms with Crippen molar-refractivity contribution in [3.05, 3.63) is 29.8 Å². The average Bonchev–Trinajstić information content (AvgIpc) is 2.43. The SMILES string of the molecule is COc1ccccc1C(C(C)N)N1CCN(C)C(C)C1. The second-order valence-electron chi connectivity index (χ2n) is 5.87. The quantitative estimate of drug-likeness (QED) is 0.910. The van der Waals surface area contributed by atoms with Crippen molar-refractivity contribution < 1.29 is 4.74 Å². The standard InChI is InChI=1S/C16H27N3O/c1-12-11-19(10-9-18(12)3)16(13(2)17)14-7-5-6-8-15(14)20-4/h5-8,12-13,16H,9-11,17H2,1-4H3. The molecule has 0 spiro atoms. The second kappa shape index (κ2) is 6.57. The molecule has 1 aromatic rings. The zero-order valence-corrected chi connectivity index (χ0v) is 13.0. The zero-order valence-electron chi connectivity index (χ0n) is 13.0. The lowest BCUT2D eigenvalue weighted by molar-refractivity contribution is 0.0629. The average molecular weight is 277 g/mol. The van der Waals surface area contributed by atoms with E-state index in [4.69, 9.17) is 10.5 Å². The third-order valence-electron chi connectivity index (χ3n) is 4.34. The molecule has 4 heteroatoms. The maximum atomic E-state index is 6.29. The van der Waals surface area contributed by atoms with Gasteiger partial charge in [-0.2, -0.15) is 0 Å². The molecular formula is C16H27N3O. The largest absolute Gasteiger partial charge is 0.496 e. The van der Waals surface area contributed by atoms with Crippen molar-refractivity contribution in [1.29, 1.82) is 0 Å². The number of methoxy groups -OCH3 is 1. The number of hydrogen-bond acceptors (Lipinski definition) is 4. The van der Waals surface area contributed by atoms with E-state index < -0.39 is 0 Å². The zero-order chi connectivity index (χ0) is 14.7. The van der Waals surface area contributed by atoms with E-state index in [1.807, 2.05) is 12.1 Å². The van der Waals surface area contributed by atoms with Crippen LogP contribution in [-0.4, -0.2) is 55.7 Å². The predicted molar refractivity (Wildman–Crippen MR) is 83.0 cm³/mol. The normalized spacial score (nSPS) is 24.4. The lowest BCUT2D eigenvalue weighted by atomic mass is 9.96. The molecule has 2 rings (SSSR count). The summed E-state index contributed by atoms with van der Waals surface area (Å²) in [5, 5.41) is 0. The van der Waals surface area contributed by atoms with Gasteiger partial charge in [-0.25, -0.2) is 0 Å². The minimum absolute atomic E-state index is 0.0712. The molecule has 20 heavy (non-hydrogen) atoms. The summed E-state index contributed by atoms with van der Waals surface area (Å²) in [5.74, 6) is 0.932. The molecule has 1 aromatic carbocycles. The number of likely N-dealkylation sites (N-methyl/N-ethyl adjacent to an activating group) is 1. The lowest BCUT2D eigenvalue weighted by Crippen LogP contribution is -2.53. The molecule has 0 saturated carbocycles. The number of rotatable bonds is 4. The molecule has 1 heterocycles. The fourth-order valence-electron chi connectivity index (χ4n) is 3.05. The Hall–Kier alpha value is -1.10. The van der Waals surface area contributed by atoms with Crippen LogP contribution in [0.3, 0.4) is 0 Å². The van der Waals surface area contributed by atoms with Crippen molar-refractivity contribution in [3.63, 3.8) is 0 Å². The Morgan fingerprint density at radius 2 is 2.00 bits per heavy atom. The van der Waals surface area contributed by atoms with Gasteiger partial charge < -0.3 is 15.4 Å². The molecule has 0 aromatic heterocycles. The summed E-state index contributed by atoms with van der Waals surface area (Å²) in [6.07, 6.45) is 0. The van der Waals surface area contributed by atoms with E-state index in [0.717, 1.165) is 25.4 Å². The van der Waals surface area contributed by atoms with Crippen LogP contribution >= 0.6 is 0 Å². The Labute approximate surface area is 122 Å². The van der Waals surface area contributed by atoms with Crippen LogP contribution in [0.5, 0.6) is 5.75 Å². The van der Waals surface area contributed by atoms with E-state index in [0.29, 0.717) is 6.04 Å². The van der Waals surface area contributed by atoms with Crippen molar-refractivity contribution in [2.45, 2.75) is 32.0 Å². The summed E-state index contributed by atoms with van der Waals surface area (Å²) >= 11 is 0. The molecule has 0 amide bonds. The van der Waals surface area contributed by atoms with Crippen LogP contribution in [0.2, 0.25) is 0 Å². The maximum absolute atomic E-state index is 6.29. The summed E-state index contributed by atoms with van der Waals surface area (Å²) in [4.78, 5) is 4.89. The van der Waals surface area contributed by atoms with Gasteiger partial charge in [0.1, 0.15) is 5.75 Å². The van der Waals surface area contributed by atoms with Crippen molar-refractivity contribution in [1.82, 2.24) is 9.80 Å².